The van der Waals surface area contributed by atoms with Crippen LogP contribution >= 0.6 is 12.4 Å². The van der Waals surface area contributed by atoms with E-state index in [1.54, 1.807) is 0 Å². The molecule has 0 bridgehead atoms. The number of carbonyl (C=O) groups excluding carboxylic acids is 1. The second kappa shape index (κ2) is 9.03. The average molecular weight is 381 g/mol. The first-order valence-electron chi connectivity index (χ1n) is 9.34. The fraction of sp³-hybridized carbons (Fsp3) is 0.261. The third kappa shape index (κ3) is 4.88. The van der Waals surface area contributed by atoms with Crippen molar-refractivity contribution in [2.24, 2.45) is 0 Å². The van der Waals surface area contributed by atoms with Gasteiger partial charge in [0.05, 0.1) is 0 Å². The molecule has 0 radical (unpaired) electrons. The molecule has 0 aliphatic carbocycles. The summed E-state index contributed by atoms with van der Waals surface area (Å²) in [6.45, 7) is 3.07. The van der Waals surface area contributed by atoms with Crippen LogP contribution in [0.15, 0.2) is 60.7 Å². The van der Waals surface area contributed by atoms with Gasteiger partial charge in [0.25, 0.3) is 0 Å². The van der Waals surface area contributed by atoms with Gasteiger partial charge in [0.15, 0.2) is 0 Å². The quantitative estimate of drug-likeness (QED) is 0.826. The highest BCUT2D eigenvalue weighted by atomic mass is 35.5. The van der Waals surface area contributed by atoms with Crippen LogP contribution in [0.4, 0.5) is 5.69 Å². The van der Waals surface area contributed by atoms with Crippen LogP contribution in [0.2, 0.25) is 0 Å². The monoisotopic (exact) mass is 380 g/mol. The lowest BCUT2D eigenvalue weighted by atomic mass is 9.99. The van der Waals surface area contributed by atoms with Crippen molar-refractivity contribution in [3.8, 4) is 0 Å². The third-order valence-corrected chi connectivity index (χ3v) is 5.14. The zero-order chi connectivity index (χ0) is 17.8. The number of carbonyl (C=O) groups is 1. The number of hydrogen-bond acceptors (Lipinski definition) is 2. The van der Waals surface area contributed by atoms with E-state index in [0.717, 1.165) is 38.2 Å². The molecule has 4 rings (SSSR count). The molecule has 0 aromatic heterocycles. The average Bonchev–Trinajstić information content (AvgIpc) is 2.69. The van der Waals surface area contributed by atoms with E-state index in [1.807, 2.05) is 6.07 Å². The Balaban J connectivity index is 0.00000210. The Labute approximate surface area is 167 Å². The van der Waals surface area contributed by atoms with Gasteiger partial charge >= 0.3 is 0 Å². The van der Waals surface area contributed by atoms with E-state index in [4.69, 9.17) is 0 Å². The van der Waals surface area contributed by atoms with Crippen LogP contribution in [-0.2, 0) is 11.2 Å². The molecule has 0 unspecified atom stereocenters. The lowest BCUT2D eigenvalue weighted by molar-refractivity contribution is -0.116. The first-order chi connectivity index (χ1) is 12.8. The van der Waals surface area contributed by atoms with Crippen molar-refractivity contribution in [1.82, 2.24) is 4.90 Å². The molecule has 140 valence electrons. The number of nitrogens with one attached hydrogen (secondary N) is 1. The Morgan fingerprint density at radius 1 is 1.04 bits per heavy atom. The highest BCUT2D eigenvalue weighted by Gasteiger charge is 2.14. The molecule has 3 nitrogen and oxygen atoms in total. The van der Waals surface area contributed by atoms with Crippen LogP contribution in [0.3, 0.4) is 0 Å². The van der Waals surface area contributed by atoms with Gasteiger partial charge in [-0.2, -0.15) is 0 Å². The summed E-state index contributed by atoms with van der Waals surface area (Å²) in [6, 6.07) is 16.9. The smallest absolute Gasteiger partial charge is 0.224 e. The second-order valence-electron chi connectivity index (χ2n) is 6.97. The van der Waals surface area contributed by atoms with Crippen LogP contribution in [0, 0.1) is 0 Å². The number of fused-ring (bicyclic) bond motifs is 1. The van der Waals surface area contributed by atoms with Crippen molar-refractivity contribution in [3.05, 3.63) is 77.4 Å². The van der Waals surface area contributed by atoms with E-state index in [2.05, 4.69) is 70.9 Å². The van der Waals surface area contributed by atoms with Gasteiger partial charge in [-0.05, 0) is 47.2 Å². The second-order valence-corrected chi connectivity index (χ2v) is 6.97. The van der Waals surface area contributed by atoms with E-state index >= 15 is 0 Å². The number of hydrogen-bond donors (Lipinski definition) is 1. The molecule has 0 saturated heterocycles. The van der Waals surface area contributed by atoms with Gasteiger partial charge in [-0.25, -0.2) is 0 Å². The summed E-state index contributed by atoms with van der Waals surface area (Å²) >= 11 is 0. The van der Waals surface area contributed by atoms with Crippen molar-refractivity contribution in [3.63, 3.8) is 0 Å². The topological polar surface area (TPSA) is 32.3 Å². The van der Waals surface area contributed by atoms with Gasteiger partial charge in [-0.15, -0.1) is 12.4 Å². The predicted molar refractivity (Wildman–Crippen MR) is 115 cm³/mol. The number of rotatable bonds is 4. The minimum Gasteiger partial charge on any atom is -0.326 e. The molecule has 2 aromatic rings. The fourth-order valence-electron chi connectivity index (χ4n) is 3.64. The van der Waals surface area contributed by atoms with Gasteiger partial charge in [0.2, 0.25) is 5.91 Å². The number of aryl methyl sites for hydroxylation is 1. The largest absolute Gasteiger partial charge is 0.326 e. The summed E-state index contributed by atoms with van der Waals surface area (Å²) in [6.07, 6.45) is 9.31. The van der Waals surface area contributed by atoms with Gasteiger partial charge in [-0.3, -0.25) is 9.69 Å². The molecule has 27 heavy (non-hydrogen) atoms. The molecule has 2 heterocycles. The Kier molecular flexibility index (Phi) is 6.49. The normalized spacial score (nSPS) is 17.0. The Morgan fingerprint density at radius 2 is 1.89 bits per heavy atom. The number of benzene rings is 2. The number of halogens is 1. The summed E-state index contributed by atoms with van der Waals surface area (Å²) < 4.78 is 0. The van der Waals surface area contributed by atoms with Crippen molar-refractivity contribution < 1.29 is 4.79 Å². The van der Waals surface area contributed by atoms with Crippen LogP contribution in [0.1, 0.15) is 29.5 Å². The Morgan fingerprint density at radius 3 is 2.67 bits per heavy atom. The van der Waals surface area contributed by atoms with Gasteiger partial charge < -0.3 is 5.32 Å². The van der Waals surface area contributed by atoms with E-state index in [0.29, 0.717) is 6.42 Å². The maximum Gasteiger partial charge on any atom is 0.224 e. The van der Waals surface area contributed by atoms with Crippen molar-refractivity contribution in [1.29, 1.82) is 0 Å². The number of amides is 1. The van der Waals surface area contributed by atoms with E-state index in [-0.39, 0.29) is 18.3 Å². The maximum atomic E-state index is 11.4. The lowest BCUT2D eigenvalue weighted by Gasteiger charge is -2.25. The Hall–Kier alpha value is -2.36. The highest BCUT2D eigenvalue weighted by molar-refractivity contribution is 5.94. The standard InChI is InChI=1S/C23H24N2O.ClH/c26-23-11-9-21-17-18(8-10-22(21)24-23)5-4-14-25-15-12-20(13-16-25)19-6-2-1-3-7-19;/h1-8,10,12,17H,9,11,13-16H2,(H,24,26);1H/b5-4+;. The number of anilines is 1. The molecule has 2 aliphatic heterocycles. The SMILES string of the molecule is Cl.O=C1CCc2cc(/C=C/CN3CC=C(c4ccccc4)CC3)ccc2N1. The predicted octanol–water partition coefficient (Wildman–Crippen LogP) is 4.80. The van der Waals surface area contributed by atoms with Crippen LogP contribution in [0.5, 0.6) is 0 Å². The van der Waals surface area contributed by atoms with Crippen LogP contribution in [-0.4, -0.2) is 30.4 Å². The molecule has 2 aromatic carbocycles. The molecule has 0 saturated carbocycles. The molecule has 4 heteroatoms. The third-order valence-electron chi connectivity index (χ3n) is 5.14. The summed E-state index contributed by atoms with van der Waals surface area (Å²) in [5.74, 6) is 0.119. The van der Waals surface area contributed by atoms with Gasteiger partial charge in [0, 0.05) is 31.7 Å². The van der Waals surface area contributed by atoms with Gasteiger partial charge in [-0.1, -0.05) is 54.6 Å². The van der Waals surface area contributed by atoms with Crippen molar-refractivity contribution in [2.45, 2.75) is 19.3 Å². The number of nitrogens with zero attached hydrogens (tertiary/aromatic N) is 1. The first kappa shape index (κ1) is 19.4. The first-order valence-corrected chi connectivity index (χ1v) is 9.34. The maximum absolute atomic E-state index is 11.4. The van der Waals surface area contributed by atoms with Crippen LogP contribution in [0.25, 0.3) is 11.6 Å². The molecule has 2 aliphatic rings. The molecule has 1 amide bonds. The summed E-state index contributed by atoms with van der Waals surface area (Å²) in [5.41, 5.74) is 6.22. The fourth-order valence-corrected chi connectivity index (χ4v) is 3.64. The van der Waals surface area contributed by atoms with Crippen LogP contribution < -0.4 is 5.32 Å². The molecule has 0 atom stereocenters. The van der Waals surface area contributed by atoms with Crippen molar-refractivity contribution >= 4 is 35.7 Å². The molecular formula is C23H25ClN2O. The summed E-state index contributed by atoms with van der Waals surface area (Å²) in [5, 5.41) is 2.93. The molecule has 0 fully saturated rings. The molecule has 0 spiro atoms. The minimum atomic E-state index is 0. The summed E-state index contributed by atoms with van der Waals surface area (Å²) in [4.78, 5) is 13.9. The van der Waals surface area contributed by atoms with Crippen molar-refractivity contribution in [2.75, 3.05) is 25.0 Å². The van der Waals surface area contributed by atoms with Gasteiger partial charge in [0.1, 0.15) is 0 Å². The van der Waals surface area contributed by atoms with E-state index in [1.165, 1.54) is 22.3 Å². The van der Waals surface area contributed by atoms with E-state index < -0.39 is 0 Å². The highest BCUT2D eigenvalue weighted by Crippen LogP contribution is 2.24. The summed E-state index contributed by atoms with van der Waals surface area (Å²) in [7, 11) is 0. The minimum absolute atomic E-state index is 0. The zero-order valence-corrected chi connectivity index (χ0v) is 16.2. The molecular weight excluding hydrogens is 356 g/mol. The Bertz CT molecular complexity index is 858. The zero-order valence-electron chi connectivity index (χ0n) is 15.4. The van der Waals surface area contributed by atoms with E-state index in [9.17, 15) is 4.79 Å². The molecule has 1 N–H and O–H groups in total. The lowest BCUT2D eigenvalue weighted by Crippen LogP contribution is -2.28.